The molecule has 0 N–H and O–H groups in total. The van der Waals surface area contributed by atoms with Crippen molar-refractivity contribution in [3.63, 3.8) is 0 Å². The lowest BCUT2D eigenvalue weighted by Crippen LogP contribution is -2.22. The molecule has 1 heterocycles. The topological polar surface area (TPSA) is 30.7 Å². The van der Waals surface area contributed by atoms with Gasteiger partial charge in [-0.05, 0) is 24.0 Å². The van der Waals surface area contributed by atoms with Gasteiger partial charge in [0, 0.05) is 12.5 Å². The third kappa shape index (κ3) is 1.74. The molecule has 0 saturated carbocycles. The first-order chi connectivity index (χ1) is 8.85. The molecule has 1 aromatic heterocycles. The molecule has 3 nitrogen and oxygen atoms in total. The Kier molecular flexibility index (Phi) is 3.08. The summed E-state index contributed by atoms with van der Waals surface area (Å²) in [4.78, 5) is 0. The summed E-state index contributed by atoms with van der Waals surface area (Å²) in [6, 6.07) is 8.56. The molecule has 1 aromatic carbocycles. The van der Waals surface area contributed by atoms with Crippen LogP contribution in [0.2, 0.25) is 0 Å². The summed E-state index contributed by atoms with van der Waals surface area (Å²) in [7, 11) is 0. The van der Waals surface area contributed by atoms with Gasteiger partial charge in [-0.1, -0.05) is 31.2 Å². The Bertz CT molecular complexity index is 562. The van der Waals surface area contributed by atoms with Crippen molar-refractivity contribution < 1.29 is 0 Å². The maximum Gasteiger partial charge on any atom is 0.147 e. The van der Waals surface area contributed by atoms with Crippen molar-refractivity contribution in [2.45, 2.75) is 38.1 Å². The minimum absolute atomic E-state index is 0.400. The zero-order chi connectivity index (χ0) is 12.5. The average Bonchev–Trinajstić information content (AvgIpc) is 2.75. The quantitative estimate of drug-likeness (QED) is 0.792. The van der Waals surface area contributed by atoms with Gasteiger partial charge in [0.25, 0.3) is 0 Å². The fourth-order valence-electron chi connectivity index (χ4n) is 2.66. The molecule has 0 saturated heterocycles. The van der Waals surface area contributed by atoms with Crippen molar-refractivity contribution in [2.75, 3.05) is 0 Å². The summed E-state index contributed by atoms with van der Waals surface area (Å²) in [6.07, 6.45) is 2.14. The Morgan fingerprint density at radius 3 is 2.89 bits per heavy atom. The second kappa shape index (κ2) is 4.73. The third-order valence-electron chi connectivity index (χ3n) is 3.59. The lowest BCUT2D eigenvalue weighted by atomic mass is 9.77. The Morgan fingerprint density at radius 1 is 1.33 bits per heavy atom. The van der Waals surface area contributed by atoms with Crippen LogP contribution < -0.4 is 0 Å². The van der Waals surface area contributed by atoms with Crippen molar-refractivity contribution in [1.82, 2.24) is 14.8 Å². The number of nitrogens with zero attached hydrogens (tertiary/aromatic N) is 3. The van der Waals surface area contributed by atoms with E-state index in [-0.39, 0.29) is 0 Å². The predicted molar refractivity (Wildman–Crippen MR) is 71.9 cm³/mol. The minimum Gasteiger partial charge on any atom is -0.313 e. The van der Waals surface area contributed by atoms with E-state index in [9.17, 15) is 0 Å². The van der Waals surface area contributed by atoms with E-state index in [1.165, 1.54) is 11.1 Å². The van der Waals surface area contributed by atoms with Crippen LogP contribution in [-0.4, -0.2) is 14.8 Å². The van der Waals surface area contributed by atoms with E-state index in [0.29, 0.717) is 11.8 Å². The second-order valence-electron chi connectivity index (χ2n) is 4.72. The van der Waals surface area contributed by atoms with Crippen LogP contribution in [0.4, 0.5) is 0 Å². The summed E-state index contributed by atoms with van der Waals surface area (Å²) in [5, 5.41) is 8.57. The van der Waals surface area contributed by atoms with E-state index in [1.54, 1.807) is 0 Å². The SMILES string of the molecule is CCCn1c(CCl)nnc1C1Cc2ccccc21. The number of fused-ring (bicyclic) bond motifs is 1. The van der Waals surface area contributed by atoms with Crippen molar-refractivity contribution in [3.8, 4) is 0 Å². The average molecular weight is 262 g/mol. The number of hydrogen-bond donors (Lipinski definition) is 0. The molecule has 94 valence electrons. The zero-order valence-corrected chi connectivity index (χ0v) is 11.2. The Hall–Kier alpha value is -1.35. The molecule has 1 aliphatic carbocycles. The van der Waals surface area contributed by atoms with E-state index >= 15 is 0 Å². The monoisotopic (exact) mass is 261 g/mol. The van der Waals surface area contributed by atoms with Gasteiger partial charge in [-0.2, -0.15) is 0 Å². The molecule has 1 aliphatic rings. The van der Waals surface area contributed by atoms with Crippen molar-refractivity contribution in [3.05, 3.63) is 47.0 Å². The second-order valence-corrected chi connectivity index (χ2v) is 4.98. The summed E-state index contributed by atoms with van der Waals surface area (Å²) >= 11 is 5.92. The van der Waals surface area contributed by atoms with E-state index < -0.39 is 0 Å². The van der Waals surface area contributed by atoms with Gasteiger partial charge in [0.15, 0.2) is 0 Å². The molecule has 3 rings (SSSR count). The highest BCUT2D eigenvalue weighted by Gasteiger charge is 2.31. The first-order valence-electron chi connectivity index (χ1n) is 6.41. The molecule has 0 radical (unpaired) electrons. The highest BCUT2D eigenvalue weighted by Crippen LogP contribution is 2.39. The number of alkyl halides is 1. The number of benzene rings is 1. The van der Waals surface area contributed by atoms with Crippen LogP contribution >= 0.6 is 11.6 Å². The first-order valence-corrected chi connectivity index (χ1v) is 6.94. The van der Waals surface area contributed by atoms with Crippen molar-refractivity contribution >= 4 is 11.6 Å². The zero-order valence-electron chi connectivity index (χ0n) is 10.4. The molecule has 0 bridgehead atoms. The van der Waals surface area contributed by atoms with Crippen molar-refractivity contribution in [1.29, 1.82) is 0 Å². The molecular weight excluding hydrogens is 246 g/mol. The van der Waals surface area contributed by atoms with E-state index in [2.05, 4.69) is 46.0 Å². The van der Waals surface area contributed by atoms with Gasteiger partial charge in [0.05, 0.1) is 5.88 Å². The summed E-state index contributed by atoms with van der Waals surface area (Å²) < 4.78 is 2.19. The lowest BCUT2D eigenvalue weighted by Gasteiger charge is -2.29. The molecule has 2 aromatic rings. The van der Waals surface area contributed by atoms with Gasteiger partial charge in [-0.15, -0.1) is 21.8 Å². The number of halogens is 1. The minimum atomic E-state index is 0.400. The molecule has 0 amide bonds. The summed E-state index contributed by atoms with van der Waals surface area (Å²) in [6.45, 7) is 3.11. The van der Waals surface area contributed by atoms with Crippen LogP contribution in [0, 0.1) is 0 Å². The van der Waals surface area contributed by atoms with Crippen LogP contribution in [-0.2, 0) is 18.8 Å². The van der Waals surface area contributed by atoms with Gasteiger partial charge in [-0.3, -0.25) is 0 Å². The molecule has 0 aliphatic heterocycles. The number of rotatable bonds is 4. The highest BCUT2D eigenvalue weighted by molar-refractivity contribution is 6.16. The molecule has 0 spiro atoms. The predicted octanol–water partition coefficient (Wildman–Crippen LogP) is 3.11. The van der Waals surface area contributed by atoms with Crippen LogP contribution in [0.15, 0.2) is 24.3 Å². The smallest absolute Gasteiger partial charge is 0.147 e. The Morgan fingerprint density at radius 2 is 2.17 bits per heavy atom. The molecule has 4 heteroatoms. The fraction of sp³-hybridized carbons (Fsp3) is 0.429. The maximum absolute atomic E-state index is 5.92. The van der Waals surface area contributed by atoms with Gasteiger partial charge >= 0.3 is 0 Å². The molecule has 0 fully saturated rings. The van der Waals surface area contributed by atoms with Crippen LogP contribution in [0.1, 0.15) is 42.0 Å². The summed E-state index contributed by atoms with van der Waals surface area (Å²) in [5.41, 5.74) is 2.82. The third-order valence-corrected chi connectivity index (χ3v) is 3.83. The first kappa shape index (κ1) is 11.7. The number of aromatic nitrogens is 3. The van der Waals surface area contributed by atoms with E-state index in [1.807, 2.05) is 0 Å². The van der Waals surface area contributed by atoms with Crippen LogP contribution in [0.3, 0.4) is 0 Å². The van der Waals surface area contributed by atoms with Gasteiger partial charge in [-0.25, -0.2) is 0 Å². The highest BCUT2D eigenvalue weighted by atomic mass is 35.5. The Labute approximate surface area is 112 Å². The molecule has 18 heavy (non-hydrogen) atoms. The standard InChI is InChI=1S/C14H16ClN3/c1-2-7-18-13(9-15)16-17-14(18)12-8-10-5-3-4-6-11(10)12/h3-6,12H,2,7-9H2,1H3. The lowest BCUT2D eigenvalue weighted by molar-refractivity contribution is 0.565. The normalized spacial score (nSPS) is 17.3. The van der Waals surface area contributed by atoms with Gasteiger partial charge in [0.2, 0.25) is 0 Å². The maximum atomic E-state index is 5.92. The largest absolute Gasteiger partial charge is 0.313 e. The molecular formula is C14H16ClN3. The van der Waals surface area contributed by atoms with E-state index in [4.69, 9.17) is 11.6 Å². The fourth-order valence-corrected chi connectivity index (χ4v) is 2.86. The molecule has 1 atom stereocenters. The van der Waals surface area contributed by atoms with Gasteiger partial charge in [0.1, 0.15) is 11.6 Å². The Balaban J connectivity index is 1.97. The summed E-state index contributed by atoms with van der Waals surface area (Å²) in [5.74, 6) is 2.79. The van der Waals surface area contributed by atoms with Crippen LogP contribution in [0.5, 0.6) is 0 Å². The van der Waals surface area contributed by atoms with E-state index in [0.717, 1.165) is 31.0 Å². The van der Waals surface area contributed by atoms with Crippen molar-refractivity contribution in [2.24, 2.45) is 0 Å². The van der Waals surface area contributed by atoms with Crippen LogP contribution in [0.25, 0.3) is 0 Å². The molecule has 1 unspecified atom stereocenters. The number of hydrogen-bond acceptors (Lipinski definition) is 2. The van der Waals surface area contributed by atoms with Gasteiger partial charge < -0.3 is 4.57 Å².